The van der Waals surface area contributed by atoms with Crippen molar-refractivity contribution in [3.05, 3.63) is 65.4 Å². The third-order valence-electron chi connectivity index (χ3n) is 7.17. The number of nitrogens with one attached hydrogen (secondary N) is 1. The number of imidazole rings is 1. The van der Waals surface area contributed by atoms with E-state index >= 15 is 0 Å². The largest absolute Gasteiger partial charge is 0.354 e. The zero-order valence-electron chi connectivity index (χ0n) is 22.3. The molecule has 2 atom stereocenters. The molecule has 2 aliphatic carbocycles. The van der Waals surface area contributed by atoms with Crippen molar-refractivity contribution in [1.82, 2.24) is 29.3 Å². The van der Waals surface area contributed by atoms with E-state index in [1.807, 2.05) is 41.7 Å². The monoisotopic (exact) mass is 546 g/mol. The van der Waals surface area contributed by atoms with Gasteiger partial charge in [0.25, 0.3) is 0 Å². The van der Waals surface area contributed by atoms with Gasteiger partial charge in [-0.3, -0.25) is 4.79 Å². The summed E-state index contributed by atoms with van der Waals surface area (Å²) in [5, 5.41) is 2.93. The summed E-state index contributed by atoms with van der Waals surface area (Å²) in [7, 11) is -1.57. The fourth-order valence-electron chi connectivity index (χ4n) is 4.90. The number of rotatable bonds is 8. The van der Waals surface area contributed by atoms with Crippen LogP contribution in [0.25, 0.3) is 5.65 Å². The standard InChI is InChI=1S/C27H30N8O3S/c1-15-7-8-28-25(29-15)20-10-21(20)27(36)33-23-11-24(31-16(2)30-23)34(3)13-19-14-35-12-18(17-5-6-17)9-22(26(35)32-19)39(4,37)38/h7-9,11-12,14,17,20-21H,5-6,10,13H2,1-4H3,(H,30,31,33,36). The molecule has 4 heterocycles. The first-order chi connectivity index (χ1) is 18.5. The van der Waals surface area contributed by atoms with Crippen molar-refractivity contribution in [1.29, 1.82) is 0 Å². The van der Waals surface area contributed by atoms with Gasteiger partial charge < -0.3 is 14.6 Å². The number of carbonyl (C=O) groups is 1. The maximum Gasteiger partial charge on any atom is 0.229 e. The molecule has 0 bridgehead atoms. The summed E-state index contributed by atoms with van der Waals surface area (Å²) in [6.07, 6.45) is 9.64. The van der Waals surface area contributed by atoms with E-state index in [1.165, 1.54) is 6.26 Å². The molecule has 0 radical (unpaired) electrons. The summed E-state index contributed by atoms with van der Waals surface area (Å²) in [4.78, 5) is 37.4. The summed E-state index contributed by atoms with van der Waals surface area (Å²) in [5.74, 6) is 2.39. The van der Waals surface area contributed by atoms with Crippen LogP contribution in [0.15, 0.2) is 41.7 Å². The second-order valence-corrected chi connectivity index (χ2v) is 12.6. The van der Waals surface area contributed by atoms with E-state index in [0.29, 0.717) is 53.5 Å². The molecular formula is C27H30N8O3S. The Bertz CT molecular complexity index is 1710. The summed E-state index contributed by atoms with van der Waals surface area (Å²) < 4.78 is 26.8. The Morgan fingerprint density at radius 1 is 1.13 bits per heavy atom. The fraction of sp³-hybridized carbons (Fsp3) is 0.407. The highest BCUT2D eigenvalue weighted by Gasteiger charge is 2.46. The molecule has 0 aliphatic heterocycles. The van der Waals surface area contributed by atoms with Gasteiger partial charge in [0.2, 0.25) is 5.91 Å². The number of sulfone groups is 1. The van der Waals surface area contributed by atoms with Gasteiger partial charge in [-0.25, -0.2) is 33.3 Å². The lowest BCUT2D eigenvalue weighted by Gasteiger charge is -2.18. The summed E-state index contributed by atoms with van der Waals surface area (Å²) >= 11 is 0. The van der Waals surface area contributed by atoms with E-state index in [4.69, 9.17) is 0 Å². The Kier molecular flexibility index (Phi) is 6.09. The van der Waals surface area contributed by atoms with Crippen LogP contribution in [-0.4, -0.2) is 56.9 Å². The number of fused-ring (bicyclic) bond motifs is 1. The van der Waals surface area contributed by atoms with Crippen molar-refractivity contribution in [3.63, 3.8) is 0 Å². The highest BCUT2D eigenvalue weighted by Crippen LogP contribution is 2.46. The molecule has 6 rings (SSSR count). The number of aryl methyl sites for hydroxylation is 2. The fourth-order valence-corrected chi connectivity index (χ4v) is 5.73. The molecule has 2 saturated carbocycles. The number of hydrogen-bond donors (Lipinski definition) is 1. The Hall–Kier alpha value is -3.93. The molecule has 2 fully saturated rings. The number of pyridine rings is 1. The summed E-state index contributed by atoms with van der Waals surface area (Å²) in [5.41, 5.74) is 3.04. The molecule has 1 amide bonds. The minimum absolute atomic E-state index is 0.0160. The number of amides is 1. The summed E-state index contributed by atoms with van der Waals surface area (Å²) in [6, 6.07) is 5.33. The quantitative estimate of drug-likeness (QED) is 0.353. The van der Waals surface area contributed by atoms with E-state index in [0.717, 1.165) is 24.1 Å². The average Bonchev–Trinajstić information content (AvgIpc) is 3.78. The van der Waals surface area contributed by atoms with Gasteiger partial charge in [-0.15, -0.1) is 0 Å². The molecule has 1 N–H and O–H groups in total. The van der Waals surface area contributed by atoms with Crippen LogP contribution in [-0.2, 0) is 21.2 Å². The number of carbonyl (C=O) groups excluding carboxylic acids is 1. The molecule has 2 aliphatic rings. The minimum Gasteiger partial charge on any atom is -0.354 e. The van der Waals surface area contributed by atoms with E-state index in [2.05, 4.69) is 30.2 Å². The maximum atomic E-state index is 12.9. The van der Waals surface area contributed by atoms with Crippen LogP contribution in [0.5, 0.6) is 0 Å². The van der Waals surface area contributed by atoms with Crippen LogP contribution in [0.2, 0.25) is 0 Å². The van der Waals surface area contributed by atoms with Crippen molar-refractivity contribution in [2.75, 3.05) is 23.5 Å². The molecule has 0 aromatic carbocycles. The van der Waals surface area contributed by atoms with Crippen LogP contribution in [0.4, 0.5) is 11.6 Å². The maximum absolute atomic E-state index is 12.9. The van der Waals surface area contributed by atoms with Gasteiger partial charge in [-0.2, -0.15) is 0 Å². The first-order valence-electron chi connectivity index (χ1n) is 12.9. The molecule has 0 saturated heterocycles. The lowest BCUT2D eigenvalue weighted by molar-refractivity contribution is -0.117. The van der Waals surface area contributed by atoms with Gasteiger partial charge >= 0.3 is 0 Å². The van der Waals surface area contributed by atoms with Crippen molar-refractivity contribution < 1.29 is 13.2 Å². The van der Waals surface area contributed by atoms with Crippen molar-refractivity contribution in [3.8, 4) is 0 Å². The Balaban J connectivity index is 1.19. The number of anilines is 2. The van der Waals surface area contributed by atoms with Crippen LogP contribution in [0.3, 0.4) is 0 Å². The minimum atomic E-state index is -3.44. The third-order valence-corrected chi connectivity index (χ3v) is 8.27. The lowest BCUT2D eigenvalue weighted by Crippen LogP contribution is -2.21. The summed E-state index contributed by atoms with van der Waals surface area (Å²) in [6.45, 7) is 4.08. The predicted octanol–water partition coefficient (Wildman–Crippen LogP) is 3.19. The normalized spacial score (nSPS) is 18.8. The Morgan fingerprint density at radius 3 is 2.64 bits per heavy atom. The third kappa shape index (κ3) is 5.33. The van der Waals surface area contributed by atoms with E-state index in [-0.39, 0.29) is 22.6 Å². The second-order valence-electron chi connectivity index (χ2n) is 10.7. The SMILES string of the molecule is Cc1ccnc(C2CC2C(=O)Nc2cc(N(C)Cc3cn4cc(C5CC5)cc(S(C)(=O)=O)c4n3)nc(C)n2)n1. The van der Waals surface area contributed by atoms with Crippen LogP contribution >= 0.6 is 0 Å². The Labute approximate surface area is 226 Å². The molecule has 11 nitrogen and oxygen atoms in total. The first kappa shape index (κ1) is 25.4. The van der Waals surface area contributed by atoms with Gasteiger partial charge in [0.05, 0.1) is 12.2 Å². The molecule has 2 unspecified atom stereocenters. The first-order valence-corrected chi connectivity index (χ1v) is 14.8. The van der Waals surface area contributed by atoms with E-state index in [9.17, 15) is 13.2 Å². The number of nitrogens with zero attached hydrogens (tertiary/aromatic N) is 7. The molecule has 39 heavy (non-hydrogen) atoms. The van der Waals surface area contributed by atoms with Gasteiger partial charge in [-0.05, 0) is 56.7 Å². The van der Waals surface area contributed by atoms with Crippen LogP contribution in [0, 0.1) is 19.8 Å². The molecule has 4 aromatic rings. The second kappa shape index (κ2) is 9.37. The topological polar surface area (TPSA) is 135 Å². The molecule has 0 spiro atoms. The highest BCUT2D eigenvalue weighted by atomic mass is 32.2. The smallest absolute Gasteiger partial charge is 0.229 e. The number of hydrogen-bond acceptors (Lipinski definition) is 9. The predicted molar refractivity (Wildman–Crippen MR) is 145 cm³/mol. The van der Waals surface area contributed by atoms with Crippen LogP contribution in [0.1, 0.15) is 59.7 Å². The highest BCUT2D eigenvalue weighted by molar-refractivity contribution is 7.91. The van der Waals surface area contributed by atoms with Gasteiger partial charge in [0.15, 0.2) is 15.5 Å². The van der Waals surface area contributed by atoms with Crippen molar-refractivity contribution in [2.24, 2.45) is 5.92 Å². The molecule has 202 valence electrons. The van der Waals surface area contributed by atoms with Gasteiger partial charge in [0.1, 0.15) is 28.2 Å². The zero-order valence-corrected chi connectivity index (χ0v) is 23.1. The van der Waals surface area contributed by atoms with Crippen molar-refractivity contribution >= 4 is 33.0 Å². The van der Waals surface area contributed by atoms with Gasteiger partial charge in [-0.1, -0.05) is 0 Å². The molecule has 4 aromatic heterocycles. The number of aromatic nitrogens is 6. The molecular weight excluding hydrogens is 516 g/mol. The van der Waals surface area contributed by atoms with Crippen molar-refractivity contribution in [2.45, 2.75) is 56.4 Å². The van der Waals surface area contributed by atoms with E-state index < -0.39 is 9.84 Å². The average molecular weight is 547 g/mol. The molecule has 12 heteroatoms. The zero-order chi connectivity index (χ0) is 27.5. The Morgan fingerprint density at radius 2 is 1.92 bits per heavy atom. The lowest BCUT2D eigenvalue weighted by atomic mass is 10.2. The van der Waals surface area contributed by atoms with E-state index in [1.54, 1.807) is 25.3 Å². The van der Waals surface area contributed by atoms with Crippen LogP contribution < -0.4 is 10.2 Å². The van der Waals surface area contributed by atoms with Gasteiger partial charge in [0, 0.05) is 55.5 Å².